The van der Waals surface area contributed by atoms with Crippen molar-refractivity contribution in [3.63, 3.8) is 0 Å². The topological polar surface area (TPSA) is 59.9 Å². The molecule has 0 bridgehead atoms. The number of hydrogen-bond acceptors (Lipinski definition) is 4. The Kier molecular flexibility index (Phi) is 3.38. The molecular weight excluding hydrogens is 360 g/mol. The first kappa shape index (κ1) is 14.0. The fourth-order valence-electron chi connectivity index (χ4n) is 2.37. The van der Waals surface area contributed by atoms with Gasteiger partial charge in [-0.15, -0.1) is 0 Å². The van der Waals surface area contributed by atoms with Crippen molar-refractivity contribution in [2.75, 3.05) is 6.79 Å². The molecule has 0 saturated heterocycles. The van der Waals surface area contributed by atoms with Crippen LogP contribution in [0.1, 0.15) is 11.1 Å². The molecule has 1 N–H and O–H groups in total. The summed E-state index contributed by atoms with van der Waals surface area (Å²) in [5.74, 6) is 1.71. The molecule has 0 atom stereocenters. The minimum atomic E-state index is -0.222. The second-order valence-electron chi connectivity index (χ2n) is 5.06. The van der Waals surface area contributed by atoms with Gasteiger partial charge in [0.15, 0.2) is 11.5 Å². The normalized spacial score (nSPS) is 17.3. The Hall–Kier alpha value is -2.60. The number of rotatable bonds is 2. The third-order valence-electron chi connectivity index (χ3n) is 3.51. The van der Waals surface area contributed by atoms with Gasteiger partial charge in [-0.3, -0.25) is 4.79 Å². The number of carbonyl (C=O) groups is 1. The molecule has 2 heterocycles. The highest BCUT2D eigenvalue weighted by atomic mass is 79.9. The fourth-order valence-corrected chi connectivity index (χ4v) is 2.64. The van der Waals surface area contributed by atoms with Crippen LogP contribution in [0.15, 0.2) is 57.6 Å². The van der Waals surface area contributed by atoms with Crippen LogP contribution in [0, 0.1) is 0 Å². The molecule has 6 heteroatoms. The van der Waals surface area contributed by atoms with Crippen molar-refractivity contribution in [3.05, 3.63) is 63.8 Å². The van der Waals surface area contributed by atoms with Crippen molar-refractivity contribution < 1.29 is 14.3 Å². The van der Waals surface area contributed by atoms with Crippen LogP contribution < -0.4 is 14.8 Å². The van der Waals surface area contributed by atoms with E-state index in [-0.39, 0.29) is 12.7 Å². The Bertz CT molecular complexity index is 857. The lowest BCUT2D eigenvalue weighted by Gasteiger charge is -1.99. The van der Waals surface area contributed by atoms with Gasteiger partial charge in [0.1, 0.15) is 11.5 Å². The summed E-state index contributed by atoms with van der Waals surface area (Å²) in [6.45, 7) is 0.224. The zero-order valence-corrected chi connectivity index (χ0v) is 13.5. The highest BCUT2D eigenvalue weighted by Gasteiger charge is 2.21. The number of ether oxygens (including phenoxy) is 2. The number of amides is 1. The van der Waals surface area contributed by atoms with E-state index >= 15 is 0 Å². The number of nitrogens with one attached hydrogen (secondary N) is 1. The summed E-state index contributed by atoms with van der Waals surface area (Å²) in [5, 5.41) is 2.78. The highest BCUT2D eigenvalue weighted by molar-refractivity contribution is 9.10. The predicted molar refractivity (Wildman–Crippen MR) is 89.4 cm³/mol. The van der Waals surface area contributed by atoms with E-state index in [0.717, 1.165) is 15.6 Å². The number of benzene rings is 2. The van der Waals surface area contributed by atoms with Gasteiger partial charge >= 0.3 is 0 Å². The molecule has 0 fully saturated rings. The number of amidine groups is 1. The number of hydrogen-bond donors (Lipinski definition) is 1. The number of carbonyl (C=O) groups excluding carboxylic acids is 1. The molecule has 0 saturated carbocycles. The maximum absolute atomic E-state index is 12.1. The standard InChI is InChI=1S/C17H11BrN2O3/c18-12-4-2-11(3-5-12)16-19-13(17(21)20-16)7-10-1-6-14-15(8-10)23-9-22-14/h1-8H,9H2,(H,19,20,21)/b13-7+. The predicted octanol–water partition coefficient (Wildman–Crippen LogP) is 3.10. The minimum Gasteiger partial charge on any atom is -0.454 e. The van der Waals surface area contributed by atoms with Crippen LogP contribution in [0.2, 0.25) is 0 Å². The van der Waals surface area contributed by atoms with Crippen molar-refractivity contribution in [1.82, 2.24) is 5.32 Å². The molecule has 0 unspecified atom stereocenters. The summed E-state index contributed by atoms with van der Waals surface area (Å²) in [7, 11) is 0. The Morgan fingerprint density at radius 2 is 1.87 bits per heavy atom. The third-order valence-corrected chi connectivity index (χ3v) is 4.04. The maximum atomic E-state index is 12.1. The number of fused-ring (bicyclic) bond motifs is 1. The SMILES string of the molecule is O=C1NC(c2ccc(Br)cc2)=N/C1=C/c1ccc2c(c1)OCO2. The largest absolute Gasteiger partial charge is 0.454 e. The second-order valence-corrected chi connectivity index (χ2v) is 5.98. The van der Waals surface area contributed by atoms with E-state index in [0.29, 0.717) is 23.0 Å². The molecule has 2 aromatic carbocycles. The van der Waals surface area contributed by atoms with Gasteiger partial charge in [-0.2, -0.15) is 0 Å². The van der Waals surface area contributed by atoms with Crippen molar-refractivity contribution in [2.24, 2.45) is 4.99 Å². The van der Waals surface area contributed by atoms with Gasteiger partial charge in [-0.25, -0.2) is 4.99 Å². The molecule has 0 radical (unpaired) electrons. The number of aliphatic imine (C=N–C) groups is 1. The van der Waals surface area contributed by atoms with E-state index in [4.69, 9.17) is 9.47 Å². The Labute approximate surface area is 140 Å². The summed E-state index contributed by atoms with van der Waals surface area (Å²) >= 11 is 3.39. The minimum absolute atomic E-state index is 0.222. The van der Waals surface area contributed by atoms with E-state index in [1.165, 1.54) is 0 Å². The van der Waals surface area contributed by atoms with Gasteiger partial charge in [0.05, 0.1) is 0 Å². The van der Waals surface area contributed by atoms with Crippen LogP contribution in [-0.4, -0.2) is 18.5 Å². The van der Waals surface area contributed by atoms with Gasteiger partial charge < -0.3 is 14.8 Å². The molecule has 5 nitrogen and oxygen atoms in total. The van der Waals surface area contributed by atoms with Crippen LogP contribution in [0.25, 0.3) is 6.08 Å². The monoisotopic (exact) mass is 370 g/mol. The van der Waals surface area contributed by atoms with E-state index < -0.39 is 0 Å². The van der Waals surface area contributed by atoms with Gasteiger partial charge in [-0.1, -0.05) is 34.1 Å². The maximum Gasteiger partial charge on any atom is 0.275 e. The molecule has 2 aliphatic heterocycles. The van der Waals surface area contributed by atoms with Gasteiger partial charge in [-0.05, 0) is 35.9 Å². The summed E-state index contributed by atoms with van der Waals surface area (Å²) in [5.41, 5.74) is 2.05. The van der Waals surface area contributed by atoms with Crippen molar-refractivity contribution in [2.45, 2.75) is 0 Å². The summed E-state index contributed by atoms with van der Waals surface area (Å²) in [6, 6.07) is 13.1. The third kappa shape index (κ3) is 2.73. The average molecular weight is 371 g/mol. The number of halogens is 1. The molecule has 4 rings (SSSR count). The Morgan fingerprint density at radius 3 is 2.70 bits per heavy atom. The zero-order chi connectivity index (χ0) is 15.8. The lowest BCUT2D eigenvalue weighted by Crippen LogP contribution is -2.24. The van der Waals surface area contributed by atoms with Crippen molar-refractivity contribution in [3.8, 4) is 11.5 Å². The summed E-state index contributed by atoms with van der Waals surface area (Å²) < 4.78 is 11.6. The first-order chi connectivity index (χ1) is 11.2. The van der Waals surface area contributed by atoms with Gasteiger partial charge in [0, 0.05) is 10.0 Å². The van der Waals surface area contributed by atoms with Crippen LogP contribution in [0.5, 0.6) is 11.5 Å². The summed E-state index contributed by atoms with van der Waals surface area (Å²) in [6.07, 6.45) is 1.73. The quantitative estimate of drug-likeness (QED) is 0.826. The molecule has 0 aliphatic carbocycles. The Balaban J connectivity index is 1.65. The molecule has 2 aromatic rings. The fraction of sp³-hybridized carbons (Fsp3) is 0.0588. The van der Waals surface area contributed by atoms with Crippen LogP contribution in [-0.2, 0) is 4.79 Å². The van der Waals surface area contributed by atoms with E-state index in [1.807, 2.05) is 42.5 Å². The highest BCUT2D eigenvalue weighted by Crippen LogP contribution is 2.33. The van der Waals surface area contributed by atoms with Gasteiger partial charge in [0.25, 0.3) is 5.91 Å². The average Bonchev–Trinajstić information content (AvgIpc) is 3.15. The van der Waals surface area contributed by atoms with Crippen LogP contribution in [0.3, 0.4) is 0 Å². The molecule has 114 valence electrons. The zero-order valence-electron chi connectivity index (χ0n) is 11.9. The lowest BCUT2D eigenvalue weighted by molar-refractivity contribution is -0.115. The molecule has 23 heavy (non-hydrogen) atoms. The lowest BCUT2D eigenvalue weighted by atomic mass is 10.1. The molecule has 0 spiro atoms. The first-order valence-corrected chi connectivity index (χ1v) is 7.76. The van der Waals surface area contributed by atoms with E-state index in [9.17, 15) is 4.79 Å². The van der Waals surface area contributed by atoms with Crippen LogP contribution >= 0.6 is 15.9 Å². The smallest absolute Gasteiger partial charge is 0.275 e. The Morgan fingerprint density at radius 1 is 1.09 bits per heavy atom. The van der Waals surface area contributed by atoms with E-state index in [2.05, 4.69) is 26.2 Å². The van der Waals surface area contributed by atoms with Crippen molar-refractivity contribution >= 4 is 33.7 Å². The van der Waals surface area contributed by atoms with Gasteiger partial charge in [0.2, 0.25) is 6.79 Å². The molecular formula is C17H11BrN2O3. The second kappa shape index (κ2) is 5.55. The molecule has 1 amide bonds. The number of nitrogens with zero attached hydrogens (tertiary/aromatic N) is 1. The van der Waals surface area contributed by atoms with Crippen molar-refractivity contribution in [1.29, 1.82) is 0 Å². The first-order valence-electron chi connectivity index (χ1n) is 6.96. The summed E-state index contributed by atoms with van der Waals surface area (Å²) in [4.78, 5) is 16.5. The molecule has 2 aliphatic rings. The molecule has 0 aromatic heterocycles. The van der Waals surface area contributed by atoms with E-state index in [1.54, 1.807) is 6.08 Å². The van der Waals surface area contributed by atoms with Crippen LogP contribution in [0.4, 0.5) is 0 Å².